The van der Waals surface area contributed by atoms with Gasteiger partial charge in [-0.15, -0.1) is 0 Å². The zero-order valence-corrected chi connectivity index (χ0v) is 18.7. The predicted octanol–water partition coefficient (Wildman–Crippen LogP) is 4.68. The van der Waals surface area contributed by atoms with E-state index in [9.17, 15) is 22.0 Å². The number of carbonyl (C=O) groups is 1. The summed E-state index contributed by atoms with van der Waals surface area (Å²) < 4.78 is 51.2. The van der Waals surface area contributed by atoms with Crippen molar-refractivity contribution in [2.24, 2.45) is 0 Å². The molecule has 0 atom stereocenters. The molecule has 0 saturated heterocycles. The molecular weight excluding hydrogens is 408 g/mol. The van der Waals surface area contributed by atoms with Gasteiger partial charge in [-0.3, -0.25) is 4.79 Å². The Morgan fingerprint density at radius 2 is 1.67 bits per heavy atom. The van der Waals surface area contributed by atoms with Crippen LogP contribution >= 0.6 is 0 Å². The molecule has 30 heavy (non-hydrogen) atoms. The Balaban J connectivity index is 2.09. The van der Waals surface area contributed by atoms with Crippen LogP contribution in [0.5, 0.6) is 0 Å². The van der Waals surface area contributed by atoms with Crippen LogP contribution < -0.4 is 5.32 Å². The third kappa shape index (κ3) is 6.49. The summed E-state index contributed by atoms with van der Waals surface area (Å²) >= 11 is 0. The number of rotatable bonds is 6. The number of carbonyl (C=O) groups excluding carboxylic acids is 1. The van der Waals surface area contributed by atoms with Crippen LogP contribution in [0.3, 0.4) is 0 Å². The lowest BCUT2D eigenvalue weighted by Gasteiger charge is -2.19. The number of allylic oxidation sites excluding steroid dienone is 1. The van der Waals surface area contributed by atoms with Crippen LogP contribution in [-0.2, 0) is 32.3 Å². The van der Waals surface area contributed by atoms with E-state index in [0.717, 1.165) is 17.9 Å². The number of sulfone groups is 1. The first-order chi connectivity index (χ1) is 13.8. The van der Waals surface area contributed by atoms with Crippen molar-refractivity contribution >= 4 is 21.3 Å². The van der Waals surface area contributed by atoms with Crippen molar-refractivity contribution in [3.05, 3.63) is 76.4 Å². The maximum atomic E-state index is 14.6. The molecule has 0 heterocycles. The van der Waals surface area contributed by atoms with Gasteiger partial charge in [0.2, 0.25) is 0 Å². The number of hydrogen-bond acceptors (Lipinski definition) is 3. The molecule has 1 N–H and O–H groups in total. The Labute approximate surface area is 176 Å². The molecule has 0 bridgehead atoms. The lowest BCUT2D eigenvalue weighted by atomic mass is 9.86. The molecule has 0 spiro atoms. The predicted molar refractivity (Wildman–Crippen MR) is 116 cm³/mol. The minimum atomic E-state index is -3.36. The molecule has 2 aromatic rings. The highest BCUT2D eigenvalue weighted by Gasteiger charge is 2.17. The minimum Gasteiger partial charge on any atom is -0.346 e. The average Bonchev–Trinajstić information content (AvgIpc) is 2.65. The molecule has 0 aromatic heterocycles. The SMILES string of the molecule is CC(=C(F)C(=O)NCc1ccc(CS(C)(=O)=O)c(F)c1)c1ccc(C(C)(C)C)cc1. The summed E-state index contributed by atoms with van der Waals surface area (Å²) in [6, 6.07) is 11.4. The number of hydrogen-bond donors (Lipinski definition) is 1. The summed E-state index contributed by atoms with van der Waals surface area (Å²) in [6.45, 7) is 7.68. The van der Waals surface area contributed by atoms with E-state index in [-0.39, 0.29) is 23.1 Å². The van der Waals surface area contributed by atoms with Gasteiger partial charge in [-0.2, -0.15) is 0 Å². The molecule has 0 aliphatic heterocycles. The third-order valence-electron chi connectivity index (χ3n) is 4.70. The first-order valence-corrected chi connectivity index (χ1v) is 11.5. The number of amides is 1. The van der Waals surface area contributed by atoms with Crippen molar-refractivity contribution in [3.8, 4) is 0 Å². The van der Waals surface area contributed by atoms with Gasteiger partial charge in [-0.1, -0.05) is 57.2 Å². The van der Waals surface area contributed by atoms with Crippen molar-refractivity contribution in [3.63, 3.8) is 0 Å². The van der Waals surface area contributed by atoms with Crippen LogP contribution in [0, 0.1) is 5.82 Å². The molecule has 0 aliphatic rings. The fourth-order valence-corrected chi connectivity index (χ4v) is 3.68. The molecule has 0 radical (unpaired) electrons. The highest BCUT2D eigenvalue weighted by Crippen LogP contribution is 2.26. The second-order valence-electron chi connectivity index (χ2n) is 8.44. The van der Waals surface area contributed by atoms with E-state index >= 15 is 0 Å². The van der Waals surface area contributed by atoms with Crippen molar-refractivity contribution in [2.75, 3.05) is 6.26 Å². The number of nitrogens with one attached hydrogen (secondary N) is 1. The molecule has 2 rings (SSSR count). The fourth-order valence-electron chi connectivity index (χ4n) is 2.88. The summed E-state index contributed by atoms with van der Waals surface area (Å²) in [7, 11) is -3.36. The van der Waals surface area contributed by atoms with E-state index in [1.54, 1.807) is 12.1 Å². The fraction of sp³-hybridized carbons (Fsp3) is 0.348. The van der Waals surface area contributed by atoms with E-state index < -0.39 is 33.1 Å². The summed E-state index contributed by atoms with van der Waals surface area (Å²) in [5.41, 5.74) is 2.34. The minimum absolute atomic E-state index is 0.0296. The second-order valence-corrected chi connectivity index (χ2v) is 10.6. The van der Waals surface area contributed by atoms with Gasteiger partial charge >= 0.3 is 0 Å². The van der Waals surface area contributed by atoms with Crippen molar-refractivity contribution in [1.82, 2.24) is 5.32 Å². The third-order valence-corrected chi connectivity index (χ3v) is 5.54. The maximum absolute atomic E-state index is 14.6. The van der Waals surface area contributed by atoms with E-state index in [2.05, 4.69) is 26.1 Å². The number of halogens is 2. The van der Waals surface area contributed by atoms with Crippen LogP contribution in [0.25, 0.3) is 5.57 Å². The van der Waals surface area contributed by atoms with Crippen molar-refractivity contribution < 1.29 is 22.0 Å². The lowest BCUT2D eigenvalue weighted by molar-refractivity contribution is -0.119. The summed E-state index contributed by atoms with van der Waals surface area (Å²) in [5.74, 6) is -2.89. The van der Waals surface area contributed by atoms with Crippen molar-refractivity contribution in [2.45, 2.75) is 45.4 Å². The van der Waals surface area contributed by atoms with Crippen LogP contribution in [0.1, 0.15) is 49.9 Å². The average molecular weight is 436 g/mol. The molecule has 162 valence electrons. The van der Waals surface area contributed by atoms with Gasteiger partial charge in [0.1, 0.15) is 5.82 Å². The summed E-state index contributed by atoms with van der Waals surface area (Å²) in [6.07, 6.45) is 1.02. The molecule has 2 aromatic carbocycles. The zero-order chi connectivity index (χ0) is 22.7. The first kappa shape index (κ1) is 23.7. The highest BCUT2D eigenvalue weighted by atomic mass is 32.2. The maximum Gasteiger partial charge on any atom is 0.280 e. The van der Waals surface area contributed by atoms with Gasteiger partial charge in [0, 0.05) is 18.4 Å². The quantitative estimate of drug-likeness (QED) is 0.670. The number of benzene rings is 2. The van der Waals surface area contributed by atoms with Gasteiger partial charge in [0.05, 0.1) is 5.75 Å². The van der Waals surface area contributed by atoms with E-state index in [1.165, 1.54) is 19.1 Å². The van der Waals surface area contributed by atoms with Gasteiger partial charge in [-0.25, -0.2) is 17.2 Å². The smallest absolute Gasteiger partial charge is 0.280 e. The topological polar surface area (TPSA) is 63.2 Å². The zero-order valence-electron chi connectivity index (χ0n) is 17.8. The Morgan fingerprint density at radius 3 is 2.17 bits per heavy atom. The summed E-state index contributed by atoms with van der Waals surface area (Å²) in [5, 5.41) is 2.42. The van der Waals surface area contributed by atoms with Crippen LogP contribution in [0.2, 0.25) is 0 Å². The van der Waals surface area contributed by atoms with E-state index in [4.69, 9.17) is 0 Å². The molecule has 0 fully saturated rings. The van der Waals surface area contributed by atoms with Gasteiger partial charge < -0.3 is 5.32 Å². The molecular formula is C23H27F2NO3S. The Hall–Kier alpha value is -2.54. The molecule has 4 nitrogen and oxygen atoms in total. The van der Waals surface area contributed by atoms with Crippen LogP contribution in [0.15, 0.2) is 48.3 Å². The molecule has 0 aliphatic carbocycles. The standard InChI is InChI=1S/C23H27F2NO3S/c1-15(17-8-10-19(11-9-17)23(2,3)4)21(25)22(27)26-13-16-6-7-18(20(24)12-16)14-30(5,28)29/h6-12H,13-14H2,1-5H3,(H,26,27). The second kappa shape index (κ2) is 9.08. The summed E-state index contributed by atoms with van der Waals surface area (Å²) in [4.78, 5) is 12.2. The first-order valence-electron chi connectivity index (χ1n) is 9.48. The largest absolute Gasteiger partial charge is 0.346 e. The Morgan fingerprint density at radius 1 is 1.07 bits per heavy atom. The molecule has 1 amide bonds. The van der Waals surface area contributed by atoms with Gasteiger partial charge in [0.15, 0.2) is 15.7 Å². The van der Waals surface area contributed by atoms with Crippen LogP contribution in [-0.4, -0.2) is 20.6 Å². The van der Waals surface area contributed by atoms with E-state index in [0.29, 0.717) is 11.1 Å². The van der Waals surface area contributed by atoms with Crippen molar-refractivity contribution in [1.29, 1.82) is 0 Å². The lowest BCUT2D eigenvalue weighted by Crippen LogP contribution is -2.23. The monoisotopic (exact) mass is 435 g/mol. The molecule has 0 unspecified atom stereocenters. The van der Waals surface area contributed by atoms with Gasteiger partial charge in [-0.05, 0) is 40.7 Å². The molecule has 0 saturated carbocycles. The Bertz CT molecular complexity index is 1070. The van der Waals surface area contributed by atoms with Gasteiger partial charge in [0.25, 0.3) is 5.91 Å². The molecule has 7 heteroatoms. The normalized spacial score (nSPS) is 13.0. The highest BCUT2D eigenvalue weighted by molar-refractivity contribution is 7.89. The van der Waals surface area contributed by atoms with Crippen LogP contribution in [0.4, 0.5) is 8.78 Å². The Kier molecular flexibility index (Phi) is 7.18. The van der Waals surface area contributed by atoms with E-state index in [1.807, 2.05) is 12.1 Å².